The molecule has 1 aromatic rings. The number of carbonyl (C=O) groups is 1. The molecular weight excluding hydrogens is 234 g/mol. The molecule has 16 heavy (non-hydrogen) atoms. The highest BCUT2D eigenvalue weighted by Gasteiger charge is 2.14. The van der Waals surface area contributed by atoms with Crippen LogP contribution in [0.4, 0.5) is 0 Å². The molecule has 1 aromatic heterocycles. The van der Waals surface area contributed by atoms with E-state index < -0.39 is 5.91 Å². The first-order valence-electron chi connectivity index (χ1n) is 4.55. The Labute approximate surface area is 97.0 Å². The van der Waals surface area contributed by atoms with Gasteiger partial charge in [-0.05, 0) is 30.7 Å². The zero-order valence-corrected chi connectivity index (χ0v) is 9.36. The first-order valence-corrected chi connectivity index (χ1v) is 4.93. The molecule has 1 unspecified atom stereocenters. The van der Waals surface area contributed by atoms with Gasteiger partial charge >= 0.3 is 0 Å². The largest absolute Gasteiger partial charge is 0.440 e. The summed E-state index contributed by atoms with van der Waals surface area (Å²) in [6.45, 7) is 1.72. The lowest BCUT2D eigenvalue weighted by molar-refractivity contribution is 0.0913. The van der Waals surface area contributed by atoms with E-state index in [1.807, 2.05) is 0 Å². The summed E-state index contributed by atoms with van der Waals surface area (Å²) >= 11 is 5.53. The fourth-order valence-corrected chi connectivity index (χ4v) is 1.28. The highest BCUT2D eigenvalue weighted by molar-refractivity contribution is 6.29. The predicted octanol–water partition coefficient (Wildman–Crippen LogP) is 1.19. The fraction of sp³-hybridized carbons (Fsp3) is 0.333. The molecule has 0 radical (unpaired) electrons. The highest BCUT2D eigenvalue weighted by Crippen LogP contribution is 2.13. The fourth-order valence-electron chi connectivity index (χ4n) is 1.14. The zero-order valence-electron chi connectivity index (χ0n) is 8.61. The second kappa shape index (κ2) is 5.41. The molecule has 0 saturated carbocycles. The van der Waals surface area contributed by atoms with E-state index in [9.17, 15) is 4.79 Å². The van der Waals surface area contributed by atoms with Crippen LogP contribution < -0.4 is 11.1 Å². The Balaban J connectivity index is 2.52. The van der Waals surface area contributed by atoms with Crippen LogP contribution in [0, 0.1) is 0 Å². The van der Waals surface area contributed by atoms with Crippen LogP contribution in [0.3, 0.4) is 0 Å². The quantitative estimate of drug-likeness (QED) is 0.321. The molecule has 1 amide bonds. The number of nitrogens with one attached hydrogen (secondary N) is 1. The van der Waals surface area contributed by atoms with Crippen molar-refractivity contribution in [1.82, 2.24) is 5.32 Å². The van der Waals surface area contributed by atoms with Gasteiger partial charge in [-0.3, -0.25) is 4.79 Å². The summed E-state index contributed by atoms with van der Waals surface area (Å²) in [5, 5.41) is 13.9. The van der Waals surface area contributed by atoms with Gasteiger partial charge in [0, 0.05) is 12.5 Å². The Bertz CT molecular complexity index is 402. The van der Waals surface area contributed by atoms with E-state index in [4.69, 9.17) is 27.0 Å². The monoisotopic (exact) mass is 245 g/mol. The van der Waals surface area contributed by atoms with Crippen molar-refractivity contribution in [3.63, 3.8) is 0 Å². The van der Waals surface area contributed by atoms with Gasteiger partial charge in [-0.1, -0.05) is 5.16 Å². The summed E-state index contributed by atoms with van der Waals surface area (Å²) in [7, 11) is 0. The summed E-state index contributed by atoms with van der Waals surface area (Å²) in [6, 6.07) is 2.67. The van der Waals surface area contributed by atoms with Gasteiger partial charge in [-0.2, -0.15) is 0 Å². The second-order valence-electron chi connectivity index (χ2n) is 3.27. The maximum atomic E-state index is 11.5. The van der Waals surface area contributed by atoms with Crippen LogP contribution in [0.5, 0.6) is 0 Å². The van der Waals surface area contributed by atoms with E-state index >= 15 is 0 Å². The third kappa shape index (κ3) is 3.47. The first-order chi connectivity index (χ1) is 7.52. The summed E-state index contributed by atoms with van der Waals surface area (Å²) in [4.78, 5) is 11.5. The molecule has 1 heterocycles. The van der Waals surface area contributed by atoms with Crippen molar-refractivity contribution in [2.24, 2.45) is 10.9 Å². The molecule has 7 heteroatoms. The van der Waals surface area contributed by atoms with Crippen LogP contribution in [0.25, 0.3) is 0 Å². The normalized spacial score (nSPS) is 13.5. The molecule has 0 fully saturated rings. The Morgan fingerprint density at radius 2 is 2.44 bits per heavy atom. The maximum Gasteiger partial charge on any atom is 0.287 e. The Morgan fingerprint density at radius 1 is 1.75 bits per heavy atom. The van der Waals surface area contributed by atoms with Crippen molar-refractivity contribution in [2.45, 2.75) is 19.4 Å². The van der Waals surface area contributed by atoms with Crippen LogP contribution in [0.15, 0.2) is 21.7 Å². The van der Waals surface area contributed by atoms with Gasteiger partial charge in [0.25, 0.3) is 5.91 Å². The number of oxime groups is 1. The predicted molar refractivity (Wildman–Crippen MR) is 58.7 cm³/mol. The molecule has 1 rings (SSSR count). The number of rotatable bonds is 4. The number of carbonyl (C=O) groups excluding carboxylic acids is 1. The number of furan rings is 1. The van der Waals surface area contributed by atoms with Crippen LogP contribution in [0.2, 0.25) is 5.22 Å². The van der Waals surface area contributed by atoms with Gasteiger partial charge in [0.1, 0.15) is 5.84 Å². The lowest BCUT2D eigenvalue weighted by atomic mass is 10.2. The van der Waals surface area contributed by atoms with Crippen molar-refractivity contribution >= 4 is 23.3 Å². The van der Waals surface area contributed by atoms with Crippen LogP contribution in [-0.2, 0) is 0 Å². The van der Waals surface area contributed by atoms with Gasteiger partial charge in [0.15, 0.2) is 11.0 Å². The number of nitrogens with two attached hydrogens (primary N) is 1. The molecule has 4 N–H and O–H groups in total. The molecule has 1 atom stereocenters. The van der Waals surface area contributed by atoms with Crippen LogP contribution in [0.1, 0.15) is 23.9 Å². The minimum atomic E-state index is -0.398. The van der Waals surface area contributed by atoms with Gasteiger partial charge < -0.3 is 20.7 Å². The van der Waals surface area contributed by atoms with Gasteiger partial charge in [0.05, 0.1) is 0 Å². The third-order valence-electron chi connectivity index (χ3n) is 1.82. The van der Waals surface area contributed by atoms with E-state index in [0.717, 1.165) is 0 Å². The minimum Gasteiger partial charge on any atom is -0.440 e. The first kappa shape index (κ1) is 12.4. The summed E-state index contributed by atoms with van der Waals surface area (Å²) < 4.78 is 4.92. The number of amides is 1. The molecule has 0 saturated heterocycles. The number of hydrogen-bond donors (Lipinski definition) is 3. The standard InChI is InChI=1S/C9H12ClN3O3/c1-5(4-8(11)13-15)12-9(14)6-2-3-7(10)16-6/h2-3,5,15H,4H2,1H3,(H2,11,13)(H,12,14). The molecule has 0 bridgehead atoms. The third-order valence-corrected chi connectivity index (χ3v) is 2.02. The van der Waals surface area contributed by atoms with Gasteiger partial charge in [-0.15, -0.1) is 0 Å². The molecule has 0 aliphatic rings. The maximum absolute atomic E-state index is 11.5. The van der Waals surface area contributed by atoms with Crippen molar-refractivity contribution in [2.75, 3.05) is 0 Å². The molecule has 0 aliphatic heterocycles. The zero-order chi connectivity index (χ0) is 12.1. The Hall–Kier alpha value is -1.69. The smallest absolute Gasteiger partial charge is 0.287 e. The van der Waals surface area contributed by atoms with Gasteiger partial charge in [0.2, 0.25) is 0 Å². The van der Waals surface area contributed by atoms with E-state index in [-0.39, 0.29) is 29.3 Å². The van der Waals surface area contributed by atoms with Crippen molar-refractivity contribution < 1.29 is 14.4 Å². The molecule has 0 aliphatic carbocycles. The highest BCUT2D eigenvalue weighted by atomic mass is 35.5. The second-order valence-corrected chi connectivity index (χ2v) is 3.65. The summed E-state index contributed by atoms with van der Waals surface area (Å²) in [6.07, 6.45) is 0.247. The average Bonchev–Trinajstić information content (AvgIpc) is 2.64. The molecule has 6 nitrogen and oxygen atoms in total. The van der Waals surface area contributed by atoms with Crippen LogP contribution in [-0.4, -0.2) is 23.0 Å². The Kier molecular flexibility index (Phi) is 4.19. The van der Waals surface area contributed by atoms with Crippen LogP contribution >= 0.6 is 11.6 Å². The molecular formula is C9H12ClN3O3. The number of nitrogens with zero attached hydrogens (tertiary/aromatic N) is 1. The number of hydrogen-bond acceptors (Lipinski definition) is 4. The number of halogens is 1. The molecule has 0 aromatic carbocycles. The number of amidine groups is 1. The summed E-state index contributed by atoms with van der Waals surface area (Å²) in [5.41, 5.74) is 5.30. The van der Waals surface area contributed by atoms with E-state index in [2.05, 4.69) is 10.5 Å². The lowest BCUT2D eigenvalue weighted by Gasteiger charge is -2.11. The molecule has 88 valence electrons. The van der Waals surface area contributed by atoms with Crippen molar-refractivity contribution in [1.29, 1.82) is 0 Å². The Morgan fingerprint density at radius 3 is 2.94 bits per heavy atom. The molecule has 0 spiro atoms. The minimum absolute atomic E-state index is 0.0466. The lowest BCUT2D eigenvalue weighted by Crippen LogP contribution is -2.35. The van der Waals surface area contributed by atoms with E-state index in [0.29, 0.717) is 0 Å². The topological polar surface area (TPSA) is 101 Å². The average molecular weight is 246 g/mol. The van der Waals surface area contributed by atoms with E-state index in [1.165, 1.54) is 12.1 Å². The van der Waals surface area contributed by atoms with Gasteiger partial charge in [-0.25, -0.2) is 0 Å². The SMILES string of the molecule is CC(C/C(N)=N/O)NC(=O)c1ccc(Cl)o1. The van der Waals surface area contributed by atoms with Crippen molar-refractivity contribution in [3.05, 3.63) is 23.1 Å². The van der Waals surface area contributed by atoms with Crippen molar-refractivity contribution in [3.8, 4) is 0 Å². The van der Waals surface area contributed by atoms with E-state index in [1.54, 1.807) is 6.92 Å². The summed E-state index contributed by atoms with van der Waals surface area (Å²) in [5.74, 6) is -0.230.